The lowest BCUT2D eigenvalue weighted by Gasteiger charge is -2.30. The molecule has 102 valence electrons. The molecule has 2 atom stereocenters. The second kappa shape index (κ2) is 5.90. The van der Waals surface area contributed by atoms with Crippen molar-refractivity contribution in [3.05, 3.63) is 11.6 Å². The Morgan fingerprint density at radius 1 is 1.44 bits per heavy atom. The first-order chi connectivity index (χ1) is 8.73. The van der Waals surface area contributed by atoms with Crippen LogP contribution in [0.4, 0.5) is 0 Å². The Labute approximate surface area is 111 Å². The zero-order chi connectivity index (χ0) is 13.0. The van der Waals surface area contributed by atoms with Crippen LogP contribution in [0, 0.1) is 11.3 Å². The molecule has 0 aliphatic heterocycles. The molecule has 0 aromatic rings. The standard InChI is InChI=1S/C16H26O2/c1-3-4-8-13-11-14-9-6-5-7-10-16(14,12-13)15(17)18-2/h8,14H,3-7,9-12H2,1-2H3/b13-8-/t14-,16+/m1/s1. The highest BCUT2D eigenvalue weighted by atomic mass is 16.5. The van der Waals surface area contributed by atoms with Gasteiger partial charge < -0.3 is 4.74 Å². The first-order valence-electron chi connectivity index (χ1n) is 7.49. The van der Waals surface area contributed by atoms with Crippen molar-refractivity contribution in [2.45, 2.75) is 64.7 Å². The average Bonchev–Trinajstić information content (AvgIpc) is 2.63. The fourth-order valence-electron chi connectivity index (χ4n) is 3.86. The van der Waals surface area contributed by atoms with Crippen LogP contribution < -0.4 is 0 Å². The molecule has 0 heterocycles. The van der Waals surface area contributed by atoms with Gasteiger partial charge in [-0.2, -0.15) is 0 Å². The van der Waals surface area contributed by atoms with E-state index in [4.69, 9.17) is 4.74 Å². The molecule has 0 saturated heterocycles. The number of methoxy groups -OCH3 is 1. The van der Waals surface area contributed by atoms with Gasteiger partial charge in [0.15, 0.2) is 0 Å². The minimum Gasteiger partial charge on any atom is -0.469 e. The van der Waals surface area contributed by atoms with Crippen molar-refractivity contribution >= 4 is 5.97 Å². The molecule has 0 aromatic carbocycles. The van der Waals surface area contributed by atoms with Gasteiger partial charge in [0, 0.05) is 0 Å². The zero-order valence-corrected chi connectivity index (χ0v) is 11.8. The summed E-state index contributed by atoms with van der Waals surface area (Å²) in [6.45, 7) is 2.21. The fourth-order valence-corrected chi connectivity index (χ4v) is 3.86. The molecule has 0 unspecified atom stereocenters. The van der Waals surface area contributed by atoms with Gasteiger partial charge in [-0.25, -0.2) is 0 Å². The van der Waals surface area contributed by atoms with Crippen LogP contribution in [0.15, 0.2) is 11.6 Å². The predicted molar refractivity (Wildman–Crippen MR) is 73.2 cm³/mol. The molecule has 2 nitrogen and oxygen atoms in total. The molecule has 2 saturated carbocycles. The topological polar surface area (TPSA) is 26.3 Å². The molecular weight excluding hydrogens is 224 g/mol. The fraction of sp³-hybridized carbons (Fsp3) is 0.812. The number of hydrogen-bond donors (Lipinski definition) is 0. The Morgan fingerprint density at radius 3 is 3.00 bits per heavy atom. The van der Waals surface area contributed by atoms with Crippen LogP contribution in [0.1, 0.15) is 64.7 Å². The molecule has 0 radical (unpaired) electrons. The Kier molecular flexibility index (Phi) is 4.47. The normalized spacial score (nSPS) is 34.1. The molecule has 18 heavy (non-hydrogen) atoms. The van der Waals surface area contributed by atoms with E-state index in [1.807, 2.05) is 0 Å². The van der Waals surface area contributed by atoms with E-state index in [-0.39, 0.29) is 11.4 Å². The molecule has 2 heteroatoms. The lowest BCUT2D eigenvalue weighted by molar-refractivity contribution is -0.155. The summed E-state index contributed by atoms with van der Waals surface area (Å²) in [5, 5.41) is 0. The Balaban J connectivity index is 2.21. The minimum absolute atomic E-state index is 0.0503. The van der Waals surface area contributed by atoms with E-state index in [1.165, 1.54) is 37.7 Å². The summed E-state index contributed by atoms with van der Waals surface area (Å²) in [6, 6.07) is 0. The number of allylic oxidation sites excluding steroid dienone is 2. The largest absolute Gasteiger partial charge is 0.469 e. The first-order valence-corrected chi connectivity index (χ1v) is 7.49. The summed E-state index contributed by atoms with van der Waals surface area (Å²) in [5.41, 5.74) is 1.33. The van der Waals surface area contributed by atoms with Crippen molar-refractivity contribution in [3.63, 3.8) is 0 Å². The molecule has 0 N–H and O–H groups in total. The maximum absolute atomic E-state index is 12.3. The summed E-state index contributed by atoms with van der Waals surface area (Å²) in [7, 11) is 1.55. The van der Waals surface area contributed by atoms with E-state index in [0.29, 0.717) is 5.92 Å². The molecule has 0 aromatic heterocycles. The minimum atomic E-state index is -0.176. The smallest absolute Gasteiger partial charge is 0.312 e. The van der Waals surface area contributed by atoms with Crippen LogP contribution >= 0.6 is 0 Å². The van der Waals surface area contributed by atoms with Gasteiger partial charge in [0.2, 0.25) is 0 Å². The van der Waals surface area contributed by atoms with Crippen LogP contribution in [0.2, 0.25) is 0 Å². The van der Waals surface area contributed by atoms with E-state index in [9.17, 15) is 4.79 Å². The quantitative estimate of drug-likeness (QED) is 0.553. The van der Waals surface area contributed by atoms with E-state index >= 15 is 0 Å². The van der Waals surface area contributed by atoms with Crippen molar-refractivity contribution in [3.8, 4) is 0 Å². The van der Waals surface area contributed by atoms with Gasteiger partial charge in [0.25, 0.3) is 0 Å². The van der Waals surface area contributed by atoms with E-state index in [1.54, 1.807) is 7.11 Å². The Morgan fingerprint density at radius 2 is 2.28 bits per heavy atom. The van der Waals surface area contributed by atoms with Gasteiger partial charge in [-0.05, 0) is 38.0 Å². The highest BCUT2D eigenvalue weighted by Gasteiger charge is 2.51. The third-order valence-corrected chi connectivity index (χ3v) is 4.82. The van der Waals surface area contributed by atoms with Gasteiger partial charge in [-0.1, -0.05) is 44.3 Å². The molecule has 0 amide bonds. The maximum Gasteiger partial charge on any atom is 0.312 e. The molecule has 2 aliphatic carbocycles. The summed E-state index contributed by atoms with van der Waals surface area (Å²) < 4.78 is 5.14. The van der Waals surface area contributed by atoms with Crippen molar-refractivity contribution < 1.29 is 9.53 Å². The number of ether oxygens (including phenoxy) is 1. The first kappa shape index (κ1) is 13.6. The van der Waals surface area contributed by atoms with E-state index in [0.717, 1.165) is 25.7 Å². The van der Waals surface area contributed by atoms with Gasteiger partial charge >= 0.3 is 5.97 Å². The molecule has 2 fully saturated rings. The second-order valence-corrected chi connectivity index (χ2v) is 5.98. The molecule has 2 aliphatic rings. The number of unbranched alkanes of at least 4 members (excludes halogenated alkanes) is 1. The van der Waals surface area contributed by atoms with E-state index < -0.39 is 0 Å². The molecule has 0 bridgehead atoms. The lowest BCUT2D eigenvalue weighted by atomic mass is 9.74. The van der Waals surface area contributed by atoms with Crippen LogP contribution in [0.5, 0.6) is 0 Å². The number of hydrogen-bond acceptors (Lipinski definition) is 2. The lowest BCUT2D eigenvalue weighted by Crippen LogP contribution is -2.35. The van der Waals surface area contributed by atoms with Gasteiger partial charge in [-0.15, -0.1) is 0 Å². The maximum atomic E-state index is 12.3. The average molecular weight is 250 g/mol. The zero-order valence-electron chi connectivity index (χ0n) is 11.8. The summed E-state index contributed by atoms with van der Waals surface area (Å²) in [5.74, 6) is 0.588. The van der Waals surface area contributed by atoms with Crippen LogP contribution in [-0.4, -0.2) is 13.1 Å². The number of carbonyl (C=O) groups excluding carboxylic acids is 1. The molecule has 0 spiro atoms. The van der Waals surface area contributed by atoms with Crippen LogP contribution in [-0.2, 0) is 9.53 Å². The number of esters is 1. The highest BCUT2D eigenvalue weighted by molar-refractivity contribution is 5.78. The van der Waals surface area contributed by atoms with Crippen molar-refractivity contribution in [1.29, 1.82) is 0 Å². The van der Waals surface area contributed by atoms with Crippen LogP contribution in [0.3, 0.4) is 0 Å². The molecular formula is C16H26O2. The summed E-state index contributed by atoms with van der Waals surface area (Å²) in [6.07, 6.45) is 12.8. The van der Waals surface area contributed by atoms with Gasteiger partial charge in [-0.3, -0.25) is 4.79 Å². The Bertz CT molecular complexity index is 332. The highest BCUT2D eigenvalue weighted by Crippen LogP contribution is 2.54. The van der Waals surface area contributed by atoms with Crippen molar-refractivity contribution in [2.75, 3.05) is 7.11 Å². The number of rotatable bonds is 3. The van der Waals surface area contributed by atoms with E-state index in [2.05, 4.69) is 13.0 Å². The molecule has 2 rings (SSSR count). The predicted octanol–water partition coefficient (Wildman–Crippen LogP) is 4.25. The third kappa shape index (κ3) is 2.48. The third-order valence-electron chi connectivity index (χ3n) is 4.82. The Hall–Kier alpha value is -0.790. The van der Waals surface area contributed by atoms with Gasteiger partial charge in [0.1, 0.15) is 0 Å². The number of carbonyl (C=O) groups is 1. The second-order valence-electron chi connectivity index (χ2n) is 5.98. The SMILES string of the molecule is CCC/C=C1/C[C@H]2CCCCC[C@]2(C(=O)OC)C1. The number of fused-ring (bicyclic) bond motifs is 1. The van der Waals surface area contributed by atoms with Gasteiger partial charge in [0.05, 0.1) is 12.5 Å². The van der Waals surface area contributed by atoms with Crippen molar-refractivity contribution in [1.82, 2.24) is 0 Å². The van der Waals surface area contributed by atoms with Crippen LogP contribution in [0.25, 0.3) is 0 Å². The van der Waals surface area contributed by atoms with Crippen molar-refractivity contribution in [2.24, 2.45) is 11.3 Å². The summed E-state index contributed by atoms with van der Waals surface area (Å²) in [4.78, 5) is 12.3. The monoisotopic (exact) mass is 250 g/mol. The summed E-state index contributed by atoms with van der Waals surface area (Å²) >= 11 is 0.